The van der Waals surface area contributed by atoms with Crippen molar-refractivity contribution in [2.45, 2.75) is 289 Å². The smallest absolute Gasteiger partial charge is 0.305 e. The number of aliphatic hydroxyl groups is 2. The monoisotopic (exact) mass is 858 g/mol. The van der Waals surface area contributed by atoms with Gasteiger partial charge in [0.25, 0.3) is 0 Å². The van der Waals surface area contributed by atoms with Crippen LogP contribution in [0.2, 0.25) is 0 Å². The van der Waals surface area contributed by atoms with Crippen LogP contribution < -0.4 is 5.32 Å². The lowest BCUT2D eigenvalue weighted by Crippen LogP contribution is -2.45. The third kappa shape index (κ3) is 47.4. The van der Waals surface area contributed by atoms with E-state index in [1.54, 1.807) is 6.08 Å². The fourth-order valence-electron chi connectivity index (χ4n) is 7.97. The number of rotatable bonds is 49. The molecule has 0 saturated carbocycles. The van der Waals surface area contributed by atoms with E-state index in [0.29, 0.717) is 19.4 Å². The third-order valence-electron chi connectivity index (χ3n) is 12.1. The molecule has 61 heavy (non-hydrogen) atoms. The summed E-state index contributed by atoms with van der Waals surface area (Å²) in [5, 5.41) is 23.1. The van der Waals surface area contributed by atoms with Crippen LogP contribution in [0.3, 0.4) is 0 Å². The number of hydrogen-bond acceptors (Lipinski definition) is 5. The average molecular weight is 858 g/mol. The van der Waals surface area contributed by atoms with Crippen LogP contribution in [-0.4, -0.2) is 47.4 Å². The van der Waals surface area contributed by atoms with E-state index >= 15 is 0 Å². The summed E-state index contributed by atoms with van der Waals surface area (Å²) in [4.78, 5) is 24.4. The molecule has 0 spiro atoms. The Morgan fingerprint density at radius 3 is 1.18 bits per heavy atom. The Balaban J connectivity index is 3.56. The number of amides is 1. The predicted molar refractivity (Wildman–Crippen MR) is 264 cm³/mol. The van der Waals surface area contributed by atoms with Crippen LogP contribution in [0.25, 0.3) is 0 Å². The lowest BCUT2D eigenvalue weighted by atomic mass is 10.0. The molecule has 0 aromatic rings. The molecule has 3 N–H and O–H groups in total. The highest BCUT2D eigenvalue weighted by Crippen LogP contribution is 2.16. The van der Waals surface area contributed by atoms with Crippen molar-refractivity contribution in [3.63, 3.8) is 0 Å². The zero-order valence-corrected chi connectivity index (χ0v) is 40.6. The standard InChI is InChI=1S/C55H103NO5/c1-3-5-7-9-11-13-15-17-18-19-20-21-22-24-27-31-35-39-43-47-53(58)52(51-57)56-54(59)48-44-40-36-32-28-25-26-30-34-38-42-46-50-61-55(60)49-45-41-37-33-29-23-16-14-12-10-8-6-4-2/h14,16,26,30,43,47,52-53,57-58H,3-13,15,17-25,27-29,31-42,44-46,48-51H2,1-2H3,(H,56,59)/b16-14-,30-26-,47-43+. The van der Waals surface area contributed by atoms with Crippen LogP contribution in [0.5, 0.6) is 0 Å². The summed E-state index contributed by atoms with van der Waals surface area (Å²) in [7, 11) is 0. The Bertz CT molecular complexity index is 993. The SMILES string of the molecule is CCCCCC/C=C\CCCCCCCC(=O)OCCCCC/C=C\CCCCCCCC(=O)NC(CO)C(O)/C=C/CCCCCCCCCCCCCCCCCCC. The van der Waals surface area contributed by atoms with Gasteiger partial charge in [0, 0.05) is 12.8 Å². The van der Waals surface area contributed by atoms with Gasteiger partial charge in [-0.3, -0.25) is 9.59 Å². The highest BCUT2D eigenvalue weighted by molar-refractivity contribution is 5.76. The van der Waals surface area contributed by atoms with E-state index in [1.807, 2.05) is 6.08 Å². The normalized spacial score (nSPS) is 12.9. The molecule has 0 aromatic heterocycles. The number of unbranched alkanes of at least 4 members (excludes halogenated alkanes) is 34. The van der Waals surface area contributed by atoms with Gasteiger partial charge in [-0.25, -0.2) is 0 Å². The van der Waals surface area contributed by atoms with E-state index in [4.69, 9.17) is 4.74 Å². The molecular formula is C55H103NO5. The van der Waals surface area contributed by atoms with Crippen LogP contribution in [0.15, 0.2) is 36.5 Å². The highest BCUT2D eigenvalue weighted by atomic mass is 16.5. The fraction of sp³-hybridized carbons (Fsp3) is 0.855. The maximum absolute atomic E-state index is 12.4. The first-order chi connectivity index (χ1) is 30.0. The van der Waals surface area contributed by atoms with Crippen LogP contribution in [0, 0.1) is 0 Å². The van der Waals surface area contributed by atoms with E-state index in [9.17, 15) is 19.8 Å². The van der Waals surface area contributed by atoms with E-state index in [2.05, 4.69) is 43.5 Å². The number of esters is 1. The quantitative estimate of drug-likeness (QED) is 0.0322. The second-order valence-electron chi connectivity index (χ2n) is 18.2. The summed E-state index contributed by atoms with van der Waals surface area (Å²) in [5.74, 6) is -0.127. The van der Waals surface area contributed by atoms with Crippen molar-refractivity contribution in [1.82, 2.24) is 5.32 Å². The minimum atomic E-state index is -0.861. The maximum Gasteiger partial charge on any atom is 0.305 e. The minimum Gasteiger partial charge on any atom is -0.466 e. The third-order valence-corrected chi connectivity index (χ3v) is 12.1. The molecule has 6 heteroatoms. The van der Waals surface area contributed by atoms with Crippen LogP contribution in [0.1, 0.15) is 277 Å². The summed E-state index contributed by atoms with van der Waals surface area (Å²) in [6.45, 7) is 4.83. The lowest BCUT2D eigenvalue weighted by molar-refractivity contribution is -0.143. The molecule has 0 rings (SSSR count). The average Bonchev–Trinajstić information content (AvgIpc) is 3.26. The first-order valence-electron chi connectivity index (χ1n) is 26.8. The Morgan fingerprint density at radius 2 is 0.770 bits per heavy atom. The molecule has 2 unspecified atom stereocenters. The fourth-order valence-corrected chi connectivity index (χ4v) is 7.97. The van der Waals surface area contributed by atoms with Crippen molar-refractivity contribution in [2.75, 3.05) is 13.2 Å². The molecule has 358 valence electrons. The van der Waals surface area contributed by atoms with Crippen molar-refractivity contribution in [3.8, 4) is 0 Å². The molecule has 0 heterocycles. The van der Waals surface area contributed by atoms with Crippen molar-refractivity contribution in [1.29, 1.82) is 0 Å². The van der Waals surface area contributed by atoms with E-state index in [-0.39, 0.29) is 18.5 Å². The molecule has 6 nitrogen and oxygen atoms in total. The van der Waals surface area contributed by atoms with Gasteiger partial charge in [0.15, 0.2) is 0 Å². The van der Waals surface area contributed by atoms with Crippen LogP contribution >= 0.6 is 0 Å². The van der Waals surface area contributed by atoms with E-state index in [1.165, 1.54) is 167 Å². The first-order valence-corrected chi connectivity index (χ1v) is 26.8. The summed E-state index contributed by atoms with van der Waals surface area (Å²) in [6.07, 6.45) is 61.5. The zero-order valence-electron chi connectivity index (χ0n) is 40.6. The van der Waals surface area contributed by atoms with Crippen molar-refractivity contribution < 1.29 is 24.5 Å². The van der Waals surface area contributed by atoms with E-state index in [0.717, 1.165) is 83.5 Å². The largest absolute Gasteiger partial charge is 0.466 e. The number of aliphatic hydroxyl groups excluding tert-OH is 2. The van der Waals surface area contributed by atoms with Gasteiger partial charge in [0.05, 0.1) is 25.4 Å². The van der Waals surface area contributed by atoms with Crippen molar-refractivity contribution >= 4 is 11.9 Å². The van der Waals surface area contributed by atoms with Gasteiger partial charge < -0.3 is 20.3 Å². The summed E-state index contributed by atoms with van der Waals surface area (Å²) >= 11 is 0. The topological polar surface area (TPSA) is 95.9 Å². The van der Waals surface area contributed by atoms with Gasteiger partial charge in [-0.05, 0) is 89.9 Å². The molecule has 0 aromatic carbocycles. The van der Waals surface area contributed by atoms with E-state index < -0.39 is 12.1 Å². The van der Waals surface area contributed by atoms with Crippen molar-refractivity contribution in [2.24, 2.45) is 0 Å². The van der Waals surface area contributed by atoms with Crippen molar-refractivity contribution in [3.05, 3.63) is 36.5 Å². The second kappa shape index (κ2) is 50.7. The summed E-state index contributed by atoms with van der Waals surface area (Å²) in [5.41, 5.74) is 0. The molecule has 0 bridgehead atoms. The van der Waals surface area contributed by atoms with Crippen LogP contribution in [-0.2, 0) is 14.3 Å². The lowest BCUT2D eigenvalue weighted by Gasteiger charge is -2.20. The van der Waals surface area contributed by atoms with Gasteiger partial charge >= 0.3 is 5.97 Å². The predicted octanol–water partition coefficient (Wildman–Crippen LogP) is 16.1. The number of ether oxygens (including phenoxy) is 1. The minimum absolute atomic E-state index is 0.0339. The maximum atomic E-state index is 12.4. The molecule has 0 saturated heterocycles. The number of allylic oxidation sites excluding steroid dienone is 5. The molecule has 0 fully saturated rings. The van der Waals surface area contributed by atoms with Gasteiger partial charge in [-0.1, -0.05) is 211 Å². The molecular weight excluding hydrogens is 755 g/mol. The number of carbonyl (C=O) groups is 2. The zero-order chi connectivity index (χ0) is 44.4. The molecule has 0 aliphatic heterocycles. The first kappa shape index (κ1) is 59.1. The Morgan fingerprint density at radius 1 is 0.443 bits per heavy atom. The highest BCUT2D eigenvalue weighted by Gasteiger charge is 2.18. The number of nitrogens with one attached hydrogen (secondary N) is 1. The summed E-state index contributed by atoms with van der Waals surface area (Å²) in [6, 6.07) is -0.647. The Labute approximate surface area is 379 Å². The molecule has 2 atom stereocenters. The number of hydrogen-bond donors (Lipinski definition) is 3. The molecule has 0 aliphatic rings. The van der Waals surface area contributed by atoms with Crippen LogP contribution in [0.4, 0.5) is 0 Å². The van der Waals surface area contributed by atoms with Gasteiger partial charge in [0.2, 0.25) is 5.91 Å². The Kier molecular flexibility index (Phi) is 49.1. The molecule has 0 aliphatic carbocycles. The van der Waals surface area contributed by atoms with Gasteiger partial charge in [-0.15, -0.1) is 0 Å². The molecule has 1 amide bonds. The Hall–Kier alpha value is -1.92. The van der Waals surface area contributed by atoms with Gasteiger partial charge in [0.1, 0.15) is 0 Å². The molecule has 0 radical (unpaired) electrons. The number of carbonyl (C=O) groups excluding carboxylic acids is 2. The summed E-state index contributed by atoms with van der Waals surface area (Å²) < 4.78 is 5.43. The van der Waals surface area contributed by atoms with Gasteiger partial charge in [-0.2, -0.15) is 0 Å². The second-order valence-corrected chi connectivity index (χ2v) is 18.2.